The molecule has 0 heterocycles. The van der Waals surface area contributed by atoms with Gasteiger partial charge in [0.15, 0.2) is 0 Å². The van der Waals surface area contributed by atoms with Crippen molar-refractivity contribution in [2.45, 2.75) is 39.5 Å². The first-order valence-electron chi connectivity index (χ1n) is 5.98. The molecule has 1 heteroatoms. The molecule has 0 bridgehead atoms. The van der Waals surface area contributed by atoms with Crippen LogP contribution < -0.4 is 4.74 Å². The normalized spacial score (nSPS) is 13.0. The van der Waals surface area contributed by atoms with Gasteiger partial charge in [0, 0.05) is 0 Å². The molecule has 0 fully saturated rings. The fraction of sp³-hybridized carbons (Fsp3) is 0.467. The average Bonchev–Trinajstić information content (AvgIpc) is 2.29. The maximum atomic E-state index is 5.40. The van der Waals surface area contributed by atoms with Crippen molar-refractivity contribution in [3.8, 4) is 5.75 Å². The quantitative estimate of drug-likeness (QED) is 0.663. The number of rotatable bonds is 5. The second-order valence-corrected chi connectivity index (χ2v) is 4.26. The molecule has 88 valence electrons. The van der Waals surface area contributed by atoms with Crippen LogP contribution in [0.1, 0.15) is 43.7 Å². The summed E-state index contributed by atoms with van der Waals surface area (Å²) in [7, 11) is 1.74. The summed E-state index contributed by atoms with van der Waals surface area (Å²) >= 11 is 0. The molecule has 1 nitrogen and oxygen atoms in total. The lowest BCUT2D eigenvalue weighted by Gasteiger charge is -2.14. The highest BCUT2D eigenvalue weighted by Crippen LogP contribution is 2.29. The van der Waals surface area contributed by atoms with Crippen LogP contribution in [0, 0.1) is 6.92 Å². The smallest absolute Gasteiger partial charge is 0.122 e. The molecule has 16 heavy (non-hydrogen) atoms. The molecule has 1 rings (SSSR count). The van der Waals surface area contributed by atoms with Crippen LogP contribution in [0.3, 0.4) is 0 Å². The summed E-state index contributed by atoms with van der Waals surface area (Å²) in [6.07, 6.45) is 6.66. The van der Waals surface area contributed by atoms with Crippen LogP contribution in [0.4, 0.5) is 0 Å². The molecule has 1 atom stereocenters. The lowest BCUT2D eigenvalue weighted by atomic mass is 9.95. The fourth-order valence-corrected chi connectivity index (χ4v) is 1.83. The Labute approximate surface area is 99.1 Å². The minimum absolute atomic E-state index is 0.512. The van der Waals surface area contributed by atoms with Gasteiger partial charge in [0.1, 0.15) is 5.75 Å². The van der Waals surface area contributed by atoms with Crippen molar-refractivity contribution in [2.75, 3.05) is 7.11 Å². The number of allylic oxidation sites excluding steroid dienone is 2. The molecule has 0 aliphatic rings. The highest BCUT2D eigenvalue weighted by Gasteiger charge is 2.09. The Morgan fingerprint density at radius 1 is 1.31 bits per heavy atom. The van der Waals surface area contributed by atoms with Gasteiger partial charge in [-0.05, 0) is 37.3 Å². The van der Waals surface area contributed by atoms with Gasteiger partial charge in [-0.15, -0.1) is 0 Å². The van der Waals surface area contributed by atoms with Gasteiger partial charge >= 0.3 is 0 Å². The van der Waals surface area contributed by atoms with Crippen LogP contribution in [0.25, 0.3) is 0 Å². The average molecular weight is 218 g/mol. The number of methoxy groups -OCH3 is 1. The zero-order chi connectivity index (χ0) is 12.0. The number of hydrogen-bond donors (Lipinski definition) is 0. The number of benzene rings is 1. The molecule has 0 spiro atoms. The Balaban J connectivity index is 2.84. The third-order valence-electron chi connectivity index (χ3n) is 2.81. The van der Waals surface area contributed by atoms with E-state index in [1.807, 2.05) is 0 Å². The second kappa shape index (κ2) is 6.37. The van der Waals surface area contributed by atoms with Crippen molar-refractivity contribution < 1.29 is 4.74 Å². The van der Waals surface area contributed by atoms with E-state index in [9.17, 15) is 0 Å². The first kappa shape index (κ1) is 12.8. The zero-order valence-corrected chi connectivity index (χ0v) is 10.8. The van der Waals surface area contributed by atoms with Crippen molar-refractivity contribution in [1.82, 2.24) is 0 Å². The third-order valence-corrected chi connectivity index (χ3v) is 2.81. The van der Waals surface area contributed by atoms with E-state index in [1.165, 1.54) is 11.1 Å². The summed E-state index contributed by atoms with van der Waals surface area (Å²) in [4.78, 5) is 0. The van der Waals surface area contributed by atoms with Crippen molar-refractivity contribution in [1.29, 1.82) is 0 Å². The van der Waals surface area contributed by atoms with E-state index in [4.69, 9.17) is 4.74 Å². The van der Waals surface area contributed by atoms with Crippen LogP contribution in [0.2, 0.25) is 0 Å². The van der Waals surface area contributed by atoms with Crippen molar-refractivity contribution >= 4 is 0 Å². The molecule has 0 amide bonds. The first-order chi connectivity index (χ1) is 7.69. The molecule has 1 aromatic carbocycles. The van der Waals surface area contributed by atoms with Crippen LogP contribution >= 0.6 is 0 Å². The van der Waals surface area contributed by atoms with E-state index in [0.717, 1.165) is 18.6 Å². The highest BCUT2D eigenvalue weighted by molar-refractivity contribution is 5.39. The predicted molar refractivity (Wildman–Crippen MR) is 70.2 cm³/mol. The largest absolute Gasteiger partial charge is 0.496 e. The standard InChI is InChI=1S/C15H22O/c1-5-6-7-8-13(3)14-11-12(2)9-10-15(14)16-4/h6-7,9-11,13H,5,8H2,1-4H3/b7-6-. The van der Waals surface area contributed by atoms with E-state index in [2.05, 4.69) is 51.1 Å². The van der Waals surface area contributed by atoms with E-state index >= 15 is 0 Å². The third kappa shape index (κ3) is 3.41. The summed E-state index contributed by atoms with van der Waals surface area (Å²) in [5.41, 5.74) is 2.60. The molecule has 0 saturated heterocycles. The SMILES string of the molecule is CC/C=C\CC(C)c1cc(C)ccc1OC. The molecular weight excluding hydrogens is 196 g/mol. The minimum atomic E-state index is 0.512. The van der Waals surface area contributed by atoms with Gasteiger partial charge in [0.2, 0.25) is 0 Å². The van der Waals surface area contributed by atoms with Crippen molar-refractivity contribution in [3.63, 3.8) is 0 Å². The van der Waals surface area contributed by atoms with Gasteiger partial charge in [-0.2, -0.15) is 0 Å². The predicted octanol–water partition coefficient (Wildman–Crippen LogP) is 4.46. The molecule has 0 aliphatic carbocycles. The Hall–Kier alpha value is -1.24. The van der Waals surface area contributed by atoms with E-state index < -0.39 is 0 Å². The Morgan fingerprint density at radius 3 is 2.69 bits per heavy atom. The summed E-state index contributed by atoms with van der Waals surface area (Å²) in [6.45, 7) is 6.53. The van der Waals surface area contributed by atoms with Gasteiger partial charge in [0.25, 0.3) is 0 Å². The molecule has 1 aromatic rings. The maximum Gasteiger partial charge on any atom is 0.122 e. The van der Waals surface area contributed by atoms with E-state index in [1.54, 1.807) is 7.11 Å². The highest BCUT2D eigenvalue weighted by atomic mass is 16.5. The summed E-state index contributed by atoms with van der Waals surface area (Å²) in [6, 6.07) is 6.38. The number of aryl methyl sites for hydroxylation is 1. The molecule has 0 aliphatic heterocycles. The summed E-state index contributed by atoms with van der Waals surface area (Å²) in [5, 5.41) is 0. The Bertz CT molecular complexity index is 352. The van der Waals surface area contributed by atoms with Gasteiger partial charge in [-0.1, -0.05) is 43.7 Å². The monoisotopic (exact) mass is 218 g/mol. The summed E-state index contributed by atoms with van der Waals surface area (Å²) < 4.78 is 5.40. The van der Waals surface area contributed by atoms with Gasteiger partial charge in [-0.25, -0.2) is 0 Å². The van der Waals surface area contributed by atoms with Gasteiger partial charge in [0.05, 0.1) is 7.11 Å². The minimum Gasteiger partial charge on any atom is -0.496 e. The molecule has 0 radical (unpaired) electrons. The lowest BCUT2D eigenvalue weighted by Crippen LogP contribution is -1.97. The van der Waals surface area contributed by atoms with E-state index in [-0.39, 0.29) is 0 Å². The lowest BCUT2D eigenvalue weighted by molar-refractivity contribution is 0.406. The van der Waals surface area contributed by atoms with Gasteiger partial charge in [-0.3, -0.25) is 0 Å². The maximum absolute atomic E-state index is 5.40. The fourth-order valence-electron chi connectivity index (χ4n) is 1.83. The van der Waals surface area contributed by atoms with Crippen LogP contribution in [0.15, 0.2) is 30.4 Å². The topological polar surface area (TPSA) is 9.23 Å². The Morgan fingerprint density at radius 2 is 2.06 bits per heavy atom. The number of ether oxygens (including phenoxy) is 1. The summed E-state index contributed by atoms with van der Waals surface area (Å²) in [5.74, 6) is 1.51. The molecule has 0 saturated carbocycles. The first-order valence-corrected chi connectivity index (χ1v) is 5.98. The van der Waals surface area contributed by atoms with Crippen LogP contribution in [-0.2, 0) is 0 Å². The second-order valence-electron chi connectivity index (χ2n) is 4.26. The Kier molecular flexibility index (Phi) is 5.10. The van der Waals surface area contributed by atoms with Crippen molar-refractivity contribution in [3.05, 3.63) is 41.5 Å². The molecular formula is C15H22O. The van der Waals surface area contributed by atoms with Crippen LogP contribution in [0.5, 0.6) is 5.75 Å². The van der Waals surface area contributed by atoms with Crippen LogP contribution in [-0.4, -0.2) is 7.11 Å². The molecule has 1 unspecified atom stereocenters. The van der Waals surface area contributed by atoms with Crippen molar-refractivity contribution in [2.24, 2.45) is 0 Å². The van der Waals surface area contributed by atoms with E-state index in [0.29, 0.717) is 5.92 Å². The van der Waals surface area contributed by atoms with Gasteiger partial charge < -0.3 is 4.74 Å². The molecule has 0 N–H and O–H groups in total. The number of hydrogen-bond acceptors (Lipinski definition) is 1. The molecule has 0 aromatic heterocycles. The zero-order valence-electron chi connectivity index (χ0n) is 10.8.